The van der Waals surface area contributed by atoms with Crippen LogP contribution < -0.4 is 10.2 Å². The first-order valence-corrected chi connectivity index (χ1v) is 6.93. The van der Waals surface area contributed by atoms with Crippen LogP contribution in [-0.4, -0.2) is 48.1 Å². The van der Waals surface area contributed by atoms with Crippen molar-refractivity contribution in [2.75, 3.05) is 31.1 Å². The second-order valence-corrected chi connectivity index (χ2v) is 5.21. The van der Waals surface area contributed by atoms with Crippen molar-refractivity contribution in [3.05, 3.63) is 23.9 Å². The smallest absolute Gasteiger partial charge is 0.317 e. The number of pyridine rings is 1. The van der Waals surface area contributed by atoms with Gasteiger partial charge in [-0.2, -0.15) is 5.26 Å². The molecular formula is C14H17N5O. The first kappa shape index (κ1) is 12.7. The number of anilines is 1. The van der Waals surface area contributed by atoms with Crippen molar-refractivity contribution in [3.63, 3.8) is 0 Å². The molecule has 2 aliphatic rings. The average Bonchev–Trinajstić information content (AvgIpc) is 3.31. The predicted molar refractivity (Wildman–Crippen MR) is 74.3 cm³/mol. The fraction of sp³-hybridized carbons (Fsp3) is 0.500. The average molecular weight is 271 g/mol. The quantitative estimate of drug-likeness (QED) is 0.869. The number of hydrogen-bond acceptors (Lipinski definition) is 4. The van der Waals surface area contributed by atoms with Crippen molar-refractivity contribution in [1.29, 1.82) is 5.26 Å². The molecule has 2 heterocycles. The number of nitrogens with zero attached hydrogens (tertiary/aromatic N) is 4. The third-order valence-electron chi connectivity index (χ3n) is 3.67. The molecule has 0 bridgehead atoms. The highest BCUT2D eigenvalue weighted by Crippen LogP contribution is 2.19. The number of nitriles is 1. The van der Waals surface area contributed by atoms with Crippen LogP contribution in [0.4, 0.5) is 10.6 Å². The Kier molecular flexibility index (Phi) is 3.42. The maximum atomic E-state index is 11.9. The van der Waals surface area contributed by atoms with Gasteiger partial charge in [-0.3, -0.25) is 0 Å². The van der Waals surface area contributed by atoms with E-state index in [1.54, 1.807) is 18.3 Å². The van der Waals surface area contributed by atoms with E-state index in [-0.39, 0.29) is 6.03 Å². The predicted octanol–water partition coefficient (Wildman–Crippen LogP) is 0.947. The van der Waals surface area contributed by atoms with Gasteiger partial charge in [0.15, 0.2) is 0 Å². The number of piperazine rings is 1. The lowest BCUT2D eigenvalue weighted by molar-refractivity contribution is 0.194. The van der Waals surface area contributed by atoms with Crippen molar-refractivity contribution < 1.29 is 4.79 Å². The normalized spacial score (nSPS) is 18.6. The molecule has 6 nitrogen and oxygen atoms in total. The summed E-state index contributed by atoms with van der Waals surface area (Å²) in [6, 6.07) is 6.05. The number of aromatic nitrogens is 1. The van der Waals surface area contributed by atoms with E-state index in [0.29, 0.717) is 24.7 Å². The van der Waals surface area contributed by atoms with Crippen LogP contribution in [-0.2, 0) is 0 Å². The fourth-order valence-electron chi connectivity index (χ4n) is 2.29. The molecule has 6 heteroatoms. The zero-order valence-electron chi connectivity index (χ0n) is 11.2. The first-order valence-electron chi connectivity index (χ1n) is 6.93. The van der Waals surface area contributed by atoms with Gasteiger partial charge >= 0.3 is 6.03 Å². The summed E-state index contributed by atoms with van der Waals surface area (Å²) in [7, 11) is 0. The minimum Gasteiger partial charge on any atom is -0.353 e. The van der Waals surface area contributed by atoms with Gasteiger partial charge in [0.2, 0.25) is 0 Å². The van der Waals surface area contributed by atoms with Crippen LogP contribution in [0.1, 0.15) is 18.4 Å². The number of urea groups is 1. The molecule has 0 radical (unpaired) electrons. The number of nitrogens with one attached hydrogen (secondary N) is 1. The van der Waals surface area contributed by atoms with Crippen LogP contribution in [0.3, 0.4) is 0 Å². The summed E-state index contributed by atoms with van der Waals surface area (Å²) in [6.07, 6.45) is 3.87. The molecule has 3 rings (SSSR count). The Labute approximate surface area is 118 Å². The third-order valence-corrected chi connectivity index (χ3v) is 3.67. The van der Waals surface area contributed by atoms with Gasteiger partial charge < -0.3 is 15.1 Å². The van der Waals surface area contributed by atoms with Crippen molar-refractivity contribution in [2.24, 2.45) is 0 Å². The van der Waals surface area contributed by atoms with Crippen LogP contribution >= 0.6 is 0 Å². The summed E-state index contributed by atoms with van der Waals surface area (Å²) >= 11 is 0. The molecule has 104 valence electrons. The highest BCUT2D eigenvalue weighted by Gasteiger charge is 2.27. The summed E-state index contributed by atoms with van der Waals surface area (Å²) in [5, 5.41) is 11.9. The Morgan fingerprint density at radius 1 is 1.35 bits per heavy atom. The van der Waals surface area contributed by atoms with Crippen LogP contribution in [0.2, 0.25) is 0 Å². The molecule has 20 heavy (non-hydrogen) atoms. The van der Waals surface area contributed by atoms with Gasteiger partial charge in [-0.25, -0.2) is 9.78 Å². The Balaban J connectivity index is 1.57. The van der Waals surface area contributed by atoms with E-state index in [2.05, 4.69) is 21.3 Å². The van der Waals surface area contributed by atoms with Crippen molar-refractivity contribution >= 4 is 11.8 Å². The minimum atomic E-state index is 0.0471. The monoisotopic (exact) mass is 271 g/mol. The number of amides is 2. The summed E-state index contributed by atoms with van der Waals surface area (Å²) in [5.41, 5.74) is 0.615. The highest BCUT2D eigenvalue weighted by molar-refractivity contribution is 5.75. The Morgan fingerprint density at radius 3 is 2.75 bits per heavy atom. The Morgan fingerprint density at radius 2 is 2.10 bits per heavy atom. The van der Waals surface area contributed by atoms with E-state index in [9.17, 15) is 4.79 Å². The molecule has 1 aromatic heterocycles. The van der Waals surface area contributed by atoms with E-state index in [1.807, 2.05) is 4.90 Å². The maximum Gasteiger partial charge on any atom is 0.317 e. The molecule has 1 saturated heterocycles. The standard InChI is InChI=1S/C14H17N5O/c15-10-11-3-4-16-13(9-11)18-5-7-19(8-6-18)14(20)17-12-1-2-12/h3-4,9,12H,1-2,5-8H2,(H,17,20). The summed E-state index contributed by atoms with van der Waals surface area (Å²) < 4.78 is 0. The van der Waals surface area contributed by atoms with E-state index < -0.39 is 0 Å². The molecule has 1 saturated carbocycles. The van der Waals surface area contributed by atoms with E-state index >= 15 is 0 Å². The van der Waals surface area contributed by atoms with Gasteiger partial charge in [0, 0.05) is 38.4 Å². The van der Waals surface area contributed by atoms with Crippen molar-refractivity contribution in [3.8, 4) is 6.07 Å². The maximum absolute atomic E-state index is 11.9. The van der Waals surface area contributed by atoms with Gasteiger partial charge in [-0.05, 0) is 25.0 Å². The largest absolute Gasteiger partial charge is 0.353 e. The summed E-state index contributed by atoms with van der Waals surface area (Å²) in [5.74, 6) is 0.811. The van der Waals surface area contributed by atoms with Crippen LogP contribution in [0.15, 0.2) is 18.3 Å². The van der Waals surface area contributed by atoms with Gasteiger partial charge in [0.25, 0.3) is 0 Å². The molecule has 1 aliphatic heterocycles. The molecule has 2 amide bonds. The second-order valence-electron chi connectivity index (χ2n) is 5.21. The van der Waals surface area contributed by atoms with Gasteiger partial charge in [0.1, 0.15) is 5.82 Å². The van der Waals surface area contributed by atoms with Crippen molar-refractivity contribution in [1.82, 2.24) is 15.2 Å². The third kappa shape index (κ3) is 2.82. The number of carbonyl (C=O) groups is 1. The number of hydrogen-bond donors (Lipinski definition) is 1. The van der Waals surface area contributed by atoms with Crippen LogP contribution in [0, 0.1) is 11.3 Å². The molecule has 0 spiro atoms. The van der Waals surface area contributed by atoms with E-state index in [0.717, 1.165) is 31.7 Å². The zero-order valence-corrected chi connectivity index (χ0v) is 11.2. The molecule has 1 aliphatic carbocycles. The molecule has 0 unspecified atom stereocenters. The second kappa shape index (κ2) is 5.37. The van der Waals surface area contributed by atoms with E-state index in [4.69, 9.17) is 5.26 Å². The minimum absolute atomic E-state index is 0.0471. The Hall–Kier alpha value is -2.29. The molecule has 0 atom stereocenters. The van der Waals surface area contributed by atoms with Crippen molar-refractivity contribution in [2.45, 2.75) is 18.9 Å². The molecule has 1 N–H and O–H groups in total. The molecule has 2 fully saturated rings. The zero-order chi connectivity index (χ0) is 13.9. The topological polar surface area (TPSA) is 72.3 Å². The molecule has 1 aromatic rings. The Bertz CT molecular complexity index is 541. The highest BCUT2D eigenvalue weighted by atomic mass is 16.2. The summed E-state index contributed by atoms with van der Waals surface area (Å²) in [4.78, 5) is 20.2. The summed E-state index contributed by atoms with van der Waals surface area (Å²) in [6.45, 7) is 2.88. The van der Waals surface area contributed by atoms with Gasteiger partial charge in [-0.1, -0.05) is 0 Å². The lowest BCUT2D eigenvalue weighted by atomic mass is 10.2. The van der Waals surface area contributed by atoms with Crippen LogP contribution in [0.5, 0.6) is 0 Å². The molecular weight excluding hydrogens is 254 g/mol. The first-order chi connectivity index (χ1) is 9.76. The van der Waals surface area contributed by atoms with E-state index in [1.165, 1.54) is 0 Å². The SMILES string of the molecule is N#Cc1ccnc(N2CCN(C(=O)NC3CC3)CC2)c1. The lowest BCUT2D eigenvalue weighted by Crippen LogP contribution is -2.52. The molecule has 0 aromatic carbocycles. The van der Waals surface area contributed by atoms with Gasteiger partial charge in [0.05, 0.1) is 11.6 Å². The number of rotatable bonds is 2. The van der Waals surface area contributed by atoms with Crippen LogP contribution in [0.25, 0.3) is 0 Å². The lowest BCUT2D eigenvalue weighted by Gasteiger charge is -2.35. The van der Waals surface area contributed by atoms with Gasteiger partial charge in [-0.15, -0.1) is 0 Å². The number of carbonyl (C=O) groups excluding carboxylic acids is 1. The fourth-order valence-corrected chi connectivity index (χ4v) is 2.29.